The molecule has 4 rings (SSSR count). The number of benzene rings is 1. The highest BCUT2D eigenvalue weighted by molar-refractivity contribution is 5.89. The summed E-state index contributed by atoms with van der Waals surface area (Å²) in [6.45, 7) is 4.70. The van der Waals surface area contributed by atoms with Crippen LogP contribution < -0.4 is 10.2 Å². The van der Waals surface area contributed by atoms with E-state index < -0.39 is 11.9 Å². The largest absolute Gasteiger partial charge is 0.478 e. The first-order valence-corrected chi connectivity index (χ1v) is 9.32. The number of nitrogens with zero attached hydrogens (tertiary/aromatic N) is 1. The first kappa shape index (κ1) is 18.5. The Morgan fingerprint density at radius 3 is 1.85 bits per heavy atom. The van der Waals surface area contributed by atoms with Gasteiger partial charge in [0.25, 0.3) is 0 Å². The average Bonchev–Trinajstić information content (AvgIpc) is 3.27. The van der Waals surface area contributed by atoms with Crippen LogP contribution in [0.4, 0.5) is 5.69 Å². The summed E-state index contributed by atoms with van der Waals surface area (Å²) < 4.78 is 0. The fraction of sp³-hybridized carbons (Fsp3) is 0.500. The summed E-state index contributed by atoms with van der Waals surface area (Å²) in [6.07, 6.45) is 9.15. The topological polar surface area (TPSA) is 89.9 Å². The Morgan fingerprint density at radius 1 is 0.885 bits per heavy atom. The van der Waals surface area contributed by atoms with Gasteiger partial charge in [-0.25, -0.2) is 9.59 Å². The number of hydrogen-bond donors (Lipinski definition) is 3. The molecule has 26 heavy (non-hydrogen) atoms. The van der Waals surface area contributed by atoms with E-state index in [0.29, 0.717) is 12.2 Å². The molecule has 0 saturated carbocycles. The van der Waals surface area contributed by atoms with Gasteiger partial charge >= 0.3 is 11.9 Å². The van der Waals surface area contributed by atoms with Gasteiger partial charge in [0.1, 0.15) is 0 Å². The van der Waals surface area contributed by atoms with E-state index in [0.717, 1.165) is 13.1 Å². The minimum absolute atomic E-state index is 0.558. The van der Waals surface area contributed by atoms with E-state index in [1.807, 2.05) is 0 Å². The van der Waals surface area contributed by atoms with E-state index in [9.17, 15) is 9.59 Å². The number of nitrogens with one attached hydrogen (secondary N) is 1. The van der Waals surface area contributed by atoms with Crippen LogP contribution in [0.3, 0.4) is 0 Å². The molecule has 140 valence electrons. The number of fused-ring (bicyclic) bond motifs is 2. The molecule has 0 aromatic heterocycles. The summed E-state index contributed by atoms with van der Waals surface area (Å²) >= 11 is 0. The number of aliphatic carboxylic acids is 2. The zero-order valence-electron chi connectivity index (χ0n) is 15.0. The van der Waals surface area contributed by atoms with Crippen LogP contribution in [0.5, 0.6) is 0 Å². The Labute approximate surface area is 153 Å². The second kappa shape index (κ2) is 8.36. The van der Waals surface area contributed by atoms with Crippen LogP contribution in [0, 0.1) is 0 Å². The molecule has 1 aromatic carbocycles. The number of piperazine rings is 1. The summed E-state index contributed by atoms with van der Waals surface area (Å²) in [5.41, 5.74) is 8.42. The molecule has 0 spiro atoms. The van der Waals surface area contributed by atoms with Gasteiger partial charge < -0.3 is 20.4 Å². The summed E-state index contributed by atoms with van der Waals surface area (Å²) in [7, 11) is 0. The smallest absolute Gasteiger partial charge is 0.328 e. The lowest BCUT2D eigenvalue weighted by atomic mass is 9.97. The lowest BCUT2D eigenvalue weighted by Gasteiger charge is -2.33. The SMILES string of the molecule is O=C(O)/C=C/C(=O)O.c1c2c(c(N3CCNCC3)c3c1CCC3)CCC2. The number of anilines is 1. The van der Waals surface area contributed by atoms with E-state index in [1.165, 1.54) is 51.6 Å². The van der Waals surface area contributed by atoms with Gasteiger partial charge in [-0.2, -0.15) is 0 Å². The molecule has 6 nitrogen and oxygen atoms in total. The fourth-order valence-electron chi connectivity index (χ4n) is 4.20. The van der Waals surface area contributed by atoms with Crippen molar-refractivity contribution in [1.29, 1.82) is 0 Å². The molecule has 3 N–H and O–H groups in total. The molecular weight excluding hydrogens is 332 g/mol. The molecule has 6 heteroatoms. The van der Waals surface area contributed by atoms with E-state index in [2.05, 4.69) is 16.3 Å². The van der Waals surface area contributed by atoms with Gasteiger partial charge in [-0.3, -0.25) is 0 Å². The van der Waals surface area contributed by atoms with E-state index in [1.54, 1.807) is 27.9 Å². The van der Waals surface area contributed by atoms with Gasteiger partial charge in [-0.15, -0.1) is 0 Å². The van der Waals surface area contributed by atoms with Crippen LogP contribution >= 0.6 is 0 Å². The lowest BCUT2D eigenvalue weighted by Crippen LogP contribution is -2.44. The molecule has 2 aliphatic carbocycles. The van der Waals surface area contributed by atoms with Crippen LogP contribution in [-0.2, 0) is 35.3 Å². The standard InChI is InChI=1S/C16H22N2.C4H4O4/c1-3-12-11-13-4-2-6-15(13)16(14(12)5-1)18-9-7-17-8-10-18;5-3(6)1-2-4(7)8/h11,17H,1-10H2;1-2H,(H,5,6)(H,7,8)/b;2-1+. The Morgan fingerprint density at radius 2 is 1.38 bits per heavy atom. The lowest BCUT2D eigenvalue weighted by molar-refractivity contribution is -0.134. The molecule has 1 heterocycles. The number of aryl methyl sites for hydroxylation is 2. The van der Waals surface area contributed by atoms with E-state index in [4.69, 9.17) is 10.2 Å². The van der Waals surface area contributed by atoms with Gasteiger partial charge in [0.2, 0.25) is 0 Å². The molecule has 1 fully saturated rings. The van der Waals surface area contributed by atoms with E-state index >= 15 is 0 Å². The number of rotatable bonds is 3. The third kappa shape index (κ3) is 4.25. The van der Waals surface area contributed by atoms with Gasteiger partial charge in [0.05, 0.1) is 0 Å². The van der Waals surface area contributed by atoms with Crippen LogP contribution in [0.25, 0.3) is 0 Å². The first-order chi connectivity index (χ1) is 12.6. The second-order valence-electron chi connectivity index (χ2n) is 6.95. The minimum Gasteiger partial charge on any atom is -0.478 e. The number of carboxylic acids is 2. The average molecular weight is 358 g/mol. The molecule has 0 atom stereocenters. The molecule has 1 aliphatic heterocycles. The molecule has 0 amide bonds. The summed E-state index contributed by atoms with van der Waals surface area (Å²) in [5, 5.41) is 19.1. The van der Waals surface area contributed by atoms with Gasteiger partial charge in [0.15, 0.2) is 0 Å². The maximum absolute atomic E-state index is 9.55. The molecule has 1 saturated heterocycles. The zero-order chi connectivity index (χ0) is 18.5. The van der Waals surface area contributed by atoms with Gasteiger partial charge in [-0.05, 0) is 60.8 Å². The molecule has 1 aromatic rings. The van der Waals surface area contributed by atoms with Crippen molar-refractivity contribution in [3.8, 4) is 0 Å². The number of carboxylic acid groups (broad SMARTS) is 2. The number of hydrogen-bond acceptors (Lipinski definition) is 4. The summed E-state index contributed by atoms with van der Waals surface area (Å²) in [5.74, 6) is -2.51. The third-order valence-corrected chi connectivity index (χ3v) is 5.24. The summed E-state index contributed by atoms with van der Waals surface area (Å²) in [6, 6.07) is 2.54. The Kier molecular flexibility index (Phi) is 5.93. The van der Waals surface area contributed by atoms with Crippen molar-refractivity contribution >= 4 is 17.6 Å². The maximum Gasteiger partial charge on any atom is 0.328 e. The van der Waals surface area contributed by atoms with Gasteiger partial charge in [0, 0.05) is 44.0 Å². The van der Waals surface area contributed by atoms with Crippen molar-refractivity contribution in [3.05, 3.63) is 40.5 Å². The highest BCUT2D eigenvalue weighted by Gasteiger charge is 2.27. The molecule has 3 aliphatic rings. The molecule has 0 radical (unpaired) electrons. The van der Waals surface area contributed by atoms with Crippen molar-refractivity contribution in [2.75, 3.05) is 31.1 Å². The van der Waals surface area contributed by atoms with Crippen molar-refractivity contribution in [1.82, 2.24) is 5.32 Å². The predicted octanol–water partition coefficient (Wildman–Crippen LogP) is 1.79. The fourth-order valence-corrected chi connectivity index (χ4v) is 4.20. The summed E-state index contributed by atoms with van der Waals surface area (Å²) in [4.78, 5) is 21.8. The van der Waals surface area contributed by atoms with Crippen molar-refractivity contribution in [2.45, 2.75) is 38.5 Å². The highest BCUT2D eigenvalue weighted by Crippen LogP contribution is 2.40. The molecule has 0 unspecified atom stereocenters. The quantitative estimate of drug-likeness (QED) is 0.714. The molecule has 0 bridgehead atoms. The Balaban J connectivity index is 0.000000211. The second-order valence-corrected chi connectivity index (χ2v) is 6.95. The highest BCUT2D eigenvalue weighted by atomic mass is 16.4. The van der Waals surface area contributed by atoms with E-state index in [-0.39, 0.29) is 0 Å². The van der Waals surface area contributed by atoms with Gasteiger partial charge in [-0.1, -0.05) is 6.07 Å². The first-order valence-electron chi connectivity index (χ1n) is 9.32. The Bertz CT molecular complexity index is 673. The number of carbonyl (C=O) groups is 2. The third-order valence-electron chi connectivity index (χ3n) is 5.24. The van der Waals surface area contributed by atoms with Crippen LogP contribution in [0.2, 0.25) is 0 Å². The Hall–Kier alpha value is -2.34. The van der Waals surface area contributed by atoms with Crippen LogP contribution in [0.15, 0.2) is 18.2 Å². The van der Waals surface area contributed by atoms with Crippen LogP contribution in [-0.4, -0.2) is 48.3 Å². The van der Waals surface area contributed by atoms with Crippen molar-refractivity contribution in [2.24, 2.45) is 0 Å². The molecular formula is C20H26N2O4. The van der Waals surface area contributed by atoms with Crippen molar-refractivity contribution < 1.29 is 19.8 Å². The van der Waals surface area contributed by atoms with Crippen molar-refractivity contribution in [3.63, 3.8) is 0 Å². The predicted molar refractivity (Wildman–Crippen MR) is 100.0 cm³/mol. The maximum atomic E-state index is 9.55. The zero-order valence-corrected chi connectivity index (χ0v) is 15.0. The van der Waals surface area contributed by atoms with Crippen LogP contribution in [0.1, 0.15) is 35.1 Å². The monoisotopic (exact) mass is 358 g/mol. The normalized spacial score (nSPS) is 18.2. The minimum atomic E-state index is -1.26.